The average Bonchev–Trinajstić information content (AvgIpc) is 1.97. The predicted molar refractivity (Wildman–Crippen MR) is 41.0 cm³/mol. The highest BCUT2D eigenvalue weighted by Crippen LogP contribution is 2.37. The zero-order valence-electron chi connectivity index (χ0n) is 7.06. The molecule has 2 nitrogen and oxygen atoms in total. The molecule has 0 radical (unpaired) electrons. The van der Waals surface area contributed by atoms with Crippen LogP contribution in [0.1, 0.15) is 26.2 Å². The predicted octanol–water partition coefficient (Wildman–Crippen LogP) is 1.36. The molecule has 3 heteroatoms. The minimum Gasteiger partial charge on any atom is -0.343 e. The second kappa shape index (κ2) is 2.80. The molecule has 0 bridgehead atoms. The molecular weight excluding hydrogens is 145 g/mol. The van der Waals surface area contributed by atoms with Crippen LogP contribution < -0.4 is 0 Å². The topological polar surface area (TPSA) is 20.3 Å². The first-order valence-electron chi connectivity index (χ1n) is 4.04. The van der Waals surface area contributed by atoms with E-state index in [-0.39, 0.29) is 5.91 Å². The molecule has 0 aromatic carbocycles. The molecule has 0 aliphatic heterocycles. The minimum atomic E-state index is -1.51. The average molecular weight is 159 g/mol. The van der Waals surface area contributed by atoms with Gasteiger partial charge in [-0.15, -0.1) is 0 Å². The molecule has 0 N–H and O–H groups in total. The first-order chi connectivity index (χ1) is 5.10. The van der Waals surface area contributed by atoms with Gasteiger partial charge in [0.2, 0.25) is 0 Å². The van der Waals surface area contributed by atoms with Crippen molar-refractivity contribution in [3.8, 4) is 0 Å². The van der Waals surface area contributed by atoms with Gasteiger partial charge in [0.15, 0.2) is 5.67 Å². The summed E-state index contributed by atoms with van der Waals surface area (Å²) >= 11 is 0. The fourth-order valence-electron chi connectivity index (χ4n) is 1.19. The molecule has 0 unspecified atom stereocenters. The van der Waals surface area contributed by atoms with Gasteiger partial charge in [0.1, 0.15) is 0 Å². The van der Waals surface area contributed by atoms with Crippen LogP contribution >= 0.6 is 0 Å². The lowest BCUT2D eigenvalue weighted by Crippen LogP contribution is -2.48. The molecule has 0 aromatic heterocycles. The summed E-state index contributed by atoms with van der Waals surface area (Å²) in [4.78, 5) is 12.7. The molecule has 1 saturated carbocycles. The summed E-state index contributed by atoms with van der Waals surface area (Å²) in [5, 5.41) is 0. The van der Waals surface area contributed by atoms with Crippen LogP contribution in [0.25, 0.3) is 0 Å². The Labute approximate surface area is 66.4 Å². The summed E-state index contributed by atoms with van der Waals surface area (Å²) in [5.41, 5.74) is -1.51. The number of hydrogen-bond acceptors (Lipinski definition) is 1. The van der Waals surface area contributed by atoms with E-state index in [1.807, 2.05) is 6.92 Å². The molecule has 0 heterocycles. The van der Waals surface area contributed by atoms with Crippen molar-refractivity contribution in [3.05, 3.63) is 0 Å². The quantitative estimate of drug-likeness (QED) is 0.595. The number of nitrogens with zero attached hydrogens (tertiary/aromatic N) is 1. The number of alkyl halides is 1. The molecule has 0 aromatic rings. The standard InChI is InChI=1S/C8H14FNO/c1-3-10(2)7(11)8(9)5-4-6-8/h3-6H2,1-2H3. The van der Waals surface area contributed by atoms with Crippen LogP contribution in [0, 0.1) is 0 Å². The van der Waals surface area contributed by atoms with E-state index < -0.39 is 5.67 Å². The molecule has 0 atom stereocenters. The monoisotopic (exact) mass is 159 g/mol. The Morgan fingerprint density at radius 1 is 1.64 bits per heavy atom. The van der Waals surface area contributed by atoms with Gasteiger partial charge in [0.05, 0.1) is 0 Å². The smallest absolute Gasteiger partial charge is 0.259 e. The van der Waals surface area contributed by atoms with E-state index in [1.54, 1.807) is 7.05 Å². The Bertz CT molecular complexity index is 165. The van der Waals surface area contributed by atoms with Gasteiger partial charge in [-0.1, -0.05) is 0 Å². The maximum atomic E-state index is 13.3. The van der Waals surface area contributed by atoms with Crippen molar-refractivity contribution < 1.29 is 9.18 Å². The molecular formula is C8H14FNO. The van der Waals surface area contributed by atoms with Crippen molar-refractivity contribution in [1.82, 2.24) is 4.90 Å². The lowest BCUT2D eigenvalue weighted by Gasteiger charge is -2.35. The third kappa shape index (κ3) is 1.37. The third-order valence-corrected chi connectivity index (χ3v) is 2.35. The Kier molecular flexibility index (Phi) is 2.16. The van der Waals surface area contributed by atoms with Gasteiger partial charge in [-0.25, -0.2) is 4.39 Å². The number of amides is 1. The largest absolute Gasteiger partial charge is 0.343 e. The van der Waals surface area contributed by atoms with E-state index in [2.05, 4.69) is 0 Å². The summed E-state index contributed by atoms with van der Waals surface area (Å²) in [5.74, 6) is -0.341. The Morgan fingerprint density at radius 3 is 2.45 bits per heavy atom. The van der Waals surface area contributed by atoms with Crippen molar-refractivity contribution >= 4 is 5.91 Å². The highest BCUT2D eigenvalue weighted by molar-refractivity contribution is 5.85. The van der Waals surface area contributed by atoms with Crippen molar-refractivity contribution in [1.29, 1.82) is 0 Å². The Hall–Kier alpha value is -0.600. The third-order valence-electron chi connectivity index (χ3n) is 2.35. The summed E-state index contributed by atoms with van der Waals surface area (Å²) < 4.78 is 13.3. The highest BCUT2D eigenvalue weighted by atomic mass is 19.1. The number of halogens is 1. The van der Waals surface area contributed by atoms with E-state index in [0.29, 0.717) is 19.4 Å². The van der Waals surface area contributed by atoms with Crippen LogP contribution in [0.4, 0.5) is 4.39 Å². The van der Waals surface area contributed by atoms with Crippen LogP contribution in [0.5, 0.6) is 0 Å². The van der Waals surface area contributed by atoms with Gasteiger partial charge < -0.3 is 4.90 Å². The molecule has 0 saturated heterocycles. The Morgan fingerprint density at radius 2 is 2.18 bits per heavy atom. The van der Waals surface area contributed by atoms with E-state index in [0.717, 1.165) is 6.42 Å². The molecule has 64 valence electrons. The second-order valence-electron chi connectivity index (χ2n) is 3.14. The highest BCUT2D eigenvalue weighted by Gasteiger charge is 2.45. The maximum absolute atomic E-state index is 13.3. The van der Waals surface area contributed by atoms with Crippen LogP contribution in [0.3, 0.4) is 0 Å². The van der Waals surface area contributed by atoms with Crippen LogP contribution in [-0.4, -0.2) is 30.1 Å². The summed E-state index contributed by atoms with van der Waals surface area (Å²) in [7, 11) is 1.64. The first kappa shape index (κ1) is 8.50. The van der Waals surface area contributed by atoms with Crippen molar-refractivity contribution in [3.63, 3.8) is 0 Å². The lowest BCUT2D eigenvalue weighted by atomic mass is 9.81. The van der Waals surface area contributed by atoms with E-state index in [1.165, 1.54) is 4.90 Å². The number of rotatable bonds is 2. The van der Waals surface area contributed by atoms with E-state index >= 15 is 0 Å². The summed E-state index contributed by atoms with van der Waals surface area (Å²) in [6.07, 6.45) is 1.67. The number of hydrogen-bond donors (Lipinski definition) is 0. The fourth-order valence-corrected chi connectivity index (χ4v) is 1.19. The van der Waals surface area contributed by atoms with Gasteiger partial charge in [0, 0.05) is 13.6 Å². The first-order valence-corrected chi connectivity index (χ1v) is 4.04. The van der Waals surface area contributed by atoms with Gasteiger partial charge in [-0.05, 0) is 26.2 Å². The van der Waals surface area contributed by atoms with Gasteiger partial charge in [0.25, 0.3) is 5.91 Å². The molecule has 1 aliphatic rings. The van der Waals surface area contributed by atoms with Crippen molar-refractivity contribution in [2.75, 3.05) is 13.6 Å². The maximum Gasteiger partial charge on any atom is 0.259 e. The summed E-state index contributed by atoms with van der Waals surface area (Å²) in [6, 6.07) is 0. The van der Waals surface area contributed by atoms with Crippen molar-refractivity contribution in [2.24, 2.45) is 0 Å². The second-order valence-corrected chi connectivity index (χ2v) is 3.14. The molecule has 1 rings (SSSR count). The SMILES string of the molecule is CCN(C)C(=O)C1(F)CCC1. The zero-order valence-corrected chi connectivity index (χ0v) is 7.06. The molecule has 1 fully saturated rings. The van der Waals surface area contributed by atoms with Crippen LogP contribution in [-0.2, 0) is 4.79 Å². The van der Waals surface area contributed by atoms with Gasteiger partial charge in [-0.2, -0.15) is 0 Å². The molecule has 1 amide bonds. The minimum absolute atomic E-state index is 0.341. The van der Waals surface area contributed by atoms with Crippen LogP contribution in [0.2, 0.25) is 0 Å². The zero-order chi connectivity index (χ0) is 8.48. The Balaban J connectivity index is 2.52. The van der Waals surface area contributed by atoms with Crippen molar-refractivity contribution in [2.45, 2.75) is 31.9 Å². The summed E-state index contributed by atoms with van der Waals surface area (Å²) in [6.45, 7) is 2.43. The molecule has 11 heavy (non-hydrogen) atoms. The molecule has 1 aliphatic carbocycles. The van der Waals surface area contributed by atoms with E-state index in [4.69, 9.17) is 0 Å². The fraction of sp³-hybridized carbons (Fsp3) is 0.875. The van der Waals surface area contributed by atoms with E-state index in [9.17, 15) is 9.18 Å². The molecule has 0 spiro atoms. The normalized spacial score (nSPS) is 20.6. The van der Waals surface area contributed by atoms with Gasteiger partial charge >= 0.3 is 0 Å². The number of carbonyl (C=O) groups is 1. The number of carbonyl (C=O) groups excluding carboxylic acids is 1. The lowest BCUT2D eigenvalue weighted by molar-refractivity contribution is -0.148. The van der Waals surface area contributed by atoms with Gasteiger partial charge in [-0.3, -0.25) is 4.79 Å². The van der Waals surface area contributed by atoms with Crippen LogP contribution in [0.15, 0.2) is 0 Å².